The van der Waals surface area contributed by atoms with Crippen LogP contribution in [0, 0.1) is 6.92 Å². The highest BCUT2D eigenvalue weighted by Gasteiger charge is 2.33. The molecule has 10 heteroatoms. The second kappa shape index (κ2) is 9.20. The van der Waals surface area contributed by atoms with Crippen LogP contribution >= 0.6 is 22.9 Å². The topological polar surface area (TPSA) is 71.5 Å². The number of carbonyl (C=O) groups excluding carboxylic acids is 2. The first-order chi connectivity index (χ1) is 16.3. The van der Waals surface area contributed by atoms with E-state index in [0.717, 1.165) is 31.8 Å². The summed E-state index contributed by atoms with van der Waals surface area (Å²) in [5, 5.41) is 3.35. The minimum atomic E-state index is -2.45. The molecule has 0 aliphatic carbocycles. The molecule has 2 aliphatic rings. The van der Waals surface area contributed by atoms with Crippen molar-refractivity contribution in [1.82, 2.24) is 15.2 Å². The largest absolute Gasteiger partial charge is 0.488 e. The summed E-state index contributed by atoms with van der Waals surface area (Å²) in [7, 11) is 0. The monoisotopic (exact) mass is 505 g/mol. The van der Waals surface area contributed by atoms with Crippen molar-refractivity contribution in [2.45, 2.75) is 51.3 Å². The van der Waals surface area contributed by atoms with Crippen LogP contribution in [-0.4, -0.2) is 46.8 Å². The number of ether oxygens (including phenoxy) is 1. The van der Waals surface area contributed by atoms with Gasteiger partial charge in [0, 0.05) is 53.0 Å². The van der Waals surface area contributed by atoms with E-state index in [1.807, 2.05) is 19.1 Å². The Morgan fingerprint density at radius 1 is 1.24 bits per heavy atom. The van der Waals surface area contributed by atoms with E-state index < -0.39 is 12.5 Å². The van der Waals surface area contributed by atoms with E-state index in [1.165, 1.54) is 16.2 Å². The van der Waals surface area contributed by atoms with Crippen LogP contribution in [0.15, 0.2) is 30.5 Å². The molecular formula is C24H22ClF2N3O3S. The molecule has 0 saturated carbocycles. The van der Waals surface area contributed by atoms with Crippen molar-refractivity contribution in [3.63, 3.8) is 0 Å². The number of benzene rings is 1. The number of halogens is 3. The van der Waals surface area contributed by atoms with E-state index in [9.17, 15) is 18.4 Å². The molecule has 1 aromatic carbocycles. The molecule has 2 aromatic heterocycles. The highest BCUT2D eigenvalue weighted by atomic mass is 35.5. The summed E-state index contributed by atoms with van der Waals surface area (Å²) in [6.45, 7) is 2.43. The number of aryl methyl sites for hydroxylation is 1. The number of aromatic nitrogens is 1. The minimum absolute atomic E-state index is 0.163. The highest BCUT2D eigenvalue weighted by molar-refractivity contribution is 7.19. The minimum Gasteiger partial charge on any atom is -0.488 e. The second-order valence-electron chi connectivity index (χ2n) is 8.58. The molecule has 2 fully saturated rings. The van der Waals surface area contributed by atoms with Crippen molar-refractivity contribution < 1.29 is 23.1 Å². The molecule has 2 saturated heterocycles. The number of nitrogens with one attached hydrogen (secondary N) is 1. The molecule has 4 heterocycles. The Bertz CT molecular complexity index is 1270. The van der Waals surface area contributed by atoms with Gasteiger partial charge in [-0.25, -0.2) is 8.78 Å². The van der Waals surface area contributed by atoms with Gasteiger partial charge in [-0.2, -0.15) is 0 Å². The lowest BCUT2D eigenvalue weighted by atomic mass is 10.0. The van der Waals surface area contributed by atoms with Crippen LogP contribution in [0.3, 0.4) is 0 Å². The molecule has 0 radical (unpaired) electrons. The zero-order valence-electron chi connectivity index (χ0n) is 18.3. The van der Waals surface area contributed by atoms with Gasteiger partial charge in [0.25, 0.3) is 6.43 Å². The fourth-order valence-electron chi connectivity index (χ4n) is 4.50. The lowest BCUT2D eigenvalue weighted by Gasteiger charge is -2.19. The maximum Gasteiger partial charge on any atom is 0.253 e. The van der Waals surface area contributed by atoms with Gasteiger partial charge in [-0.15, -0.1) is 11.3 Å². The smallest absolute Gasteiger partial charge is 0.253 e. The number of pyridine rings is 1. The fraction of sp³-hybridized carbons (Fsp3) is 0.375. The molecule has 1 N–H and O–H groups in total. The van der Waals surface area contributed by atoms with Crippen molar-refractivity contribution in [1.29, 1.82) is 0 Å². The van der Waals surface area contributed by atoms with Gasteiger partial charge >= 0.3 is 0 Å². The molecule has 2 atom stereocenters. The van der Waals surface area contributed by atoms with E-state index in [2.05, 4.69) is 10.3 Å². The Balaban J connectivity index is 1.51. The average Bonchev–Trinajstić information content (AvgIpc) is 3.50. The molecule has 0 unspecified atom stereocenters. The van der Waals surface area contributed by atoms with Gasteiger partial charge in [-0.3, -0.25) is 19.5 Å². The first kappa shape index (κ1) is 23.1. The van der Waals surface area contributed by atoms with Crippen molar-refractivity contribution in [2.75, 3.05) is 6.54 Å². The number of thiophene rings is 1. The summed E-state index contributed by atoms with van der Waals surface area (Å²) in [4.78, 5) is 30.7. The lowest BCUT2D eigenvalue weighted by Crippen LogP contribution is -2.28. The SMILES string of the molecule is Cc1cc(Cl)cc(-c2ccnc3cc(CN4C(=O)CCC4=O)sc23)c1O[C@@H]1CN[C@@H](C(F)F)C1. The van der Waals surface area contributed by atoms with E-state index >= 15 is 0 Å². The van der Waals surface area contributed by atoms with Gasteiger partial charge in [0.1, 0.15) is 11.9 Å². The number of rotatable bonds is 6. The summed E-state index contributed by atoms with van der Waals surface area (Å²) in [5.74, 6) is 0.270. The summed E-state index contributed by atoms with van der Waals surface area (Å²) in [6.07, 6.45) is -0.439. The van der Waals surface area contributed by atoms with E-state index in [-0.39, 0.29) is 43.7 Å². The maximum atomic E-state index is 13.1. The third-order valence-electron chi connectivity index (χ3n) is 6.17. The predicted octanol–water partition coefficient (Wildman–Crippen LogP) is 4.95. The zero-order valence-corrected chi connectivity index (χ0v) is 19.9. The van der Waals surface area contributed by atoms with Crippen molar-refractivity contribution >= 4 is 45.0 Å². The number of amides is 2. The van der Waals surface area contributed by atoms with Crippen LogP contribution in [0.2, 0.25) is 5.02 Å². The average molecular weight is 506 g/mol. The Hall–Kier alpha value is -2.62. The van der Waals surface area contributed by atoms with Crippen LogP contribution in [0.5, 0.6) is 5.75 Å². The van der Waals surface area contributed by atoms with E-state index in [4.69, 9.17) is 16.3 Å². The lowest BCUT2D eigenvalue weighted by molar-refractivity contribution is -0.138. The first-order valence-electron chi connectivity index (χ1n) is 11.0. The van der Waals surface area contributed by atoms with Crippen molar-refractivity contribution in [3.05, 3.63) is 45.9 Å². The molecule has 0 spiro atoms. The number of hydrogen-bond acceptors (Lipinski definition) is 6. The van der Waals surface area contributed by atoms with Crippen LogP contribution in [0.25, 0.3) is 21.3 Å². The summed E-state index contributed by atoms with van der Waals surface area (Å²) in [5.41, 5.74) is 3.13. The number of carbonyl (C=O) groups is 2. The summed E-state index contributed by atoms with van der Waals surface area (Å²) in [6, 6.07) is 6.45. The third kappa shape index (κ3) is 4.39. The zero-order chi connectivity index (χ0) is 24.0. The van der Waals surface area contributed by atoms with E-state index in [1.54, 1.807) is 18.3 Å². The van der Waals surface area contributed by atoms with Gasteiger partial charge in [-0.1, -0.05) is 11.6 Å². The van der Waals surface area contributed by atoms with Gasteiger partial charge in [-0.05, 0) is 36.8 Å². The standard InChI is InChI=1S/C24H22ClF2N3O3S/c1-12-6-13(25)7-17(22(12)33-14-8-19(24(26)27)29-10-14)16-4-5-28-18-9-15(34-23(16)18)11-30-20(31)2-3-21(30)32/h4-7,9,14,19,24,29H,2-3,8,10-11H2,1H3/t14-,19+/m0/s1. The highest BCUT2D eigenvalue weighted by Crippen LogP contribution is 2.42. The number of hydrogen-bond donors (Lipinski definition) is 1. The van der Waals surface area contributed by atoms with Gasteiger partial charge in [0.2, 0.25) is 11.8 Å². The predicted molar refractivity (Wildman–Crippen MR) is 126 cm³/mol. The quantitative estimate of drug-likeness (QED) is 0.480. The maximum absolute atomic E-state index is 13.1. The molecule has 2 amide bonds. The summed E-state index contributed by atoms with van der Waals surface area (Å²) < 4.78 is 33.3. The van der Waals surface area contributed by atoms with Crippen molar-refractivity contribution in [3.8, 4) is 16.9 Å². The molecular weight excluding hydrogens is 484 g/mol. The van der Waals surface area contributed by atoms with Gasteiger partial charge in [0.05, 0.1) is 22.8 Å². The second-order valence-corrected chi connectivity index (χ2v) is 10.2. The van der Waals surface area contributed by atoms with Gasteiger partial charge < -0.3 is 10.1 Å². The number of imide groups is 1. The van der Waals surface area contributed by atoms with Gasteiger partial charge in [0.15, 0.2) is 0 Å². The number of fused-ring (bicyclic) bond motifs is 1. The van der Waals surface area contributed by atoms with Crippen LogP contribution in [-0.2, 0) is 16.1 Å². The molecule has 178 valence electrons. The molecule has 5 rings (SSSR count). The molecule has 0 bridgehead atoms. The Morgan fingerprint density at radius 3 is 2.71 bits per heavy atom. The molecule has 2 aliphatic heterocycles. The Morgan fingerprint density at radius 2 is 2.00 bits per heavy atom. The normalized spacial score (nSPS) is 20.8. The number of nitrogens with zero attached hydrogens (tertiary/aromatic N) is 2. The third-order valence-corrected chi connectivity index (χ3v) is 7.54. The fourth-order valence-corrected chi connectivity index (χ4v) is 5.90. The van der Waals surface area contributed by atoms with E-state index in [0.29, 0.717) is 17.3 Å². The molecule has 3 aromatic rings. The molecule has 6 nitrogen and oxygen atoms in total. The van der Waals surface area contributed by atoms with Crippen LogP contribution in [0.4, 0.5) is 8.78 Å². The Labute approximate surface area is 203 Å². The Kier molecular flexibility index (Phi) is 6.26. The van der Waals surface area contributed by atoms with Crippen LogP contribution < -0.4 is 10.1 Å². The number of alkyl halides is 2. The first-order valence-corrected chi connectivity index (χ1v) is 12.2. The van der Waals surface area contributed by atoms with Crippen LogP contribution in [0.1, 0.15) is 29.7 Å². The number of likely N-dealkylation sites (tertiary alicyclic amines) is 1. The molecule has 34 heavy (non-hydrogen) atoms. The van der Waals surface area contributed by atoms with Crippen molar-refractivity contribution in [2.24, 2.45) is 0 Å². The summed E-state index contributed by atoms with van der Waals surface area (Å²) >= 11 is 7.85.